The van der Waals surface area contributed by atoms with E-state index >= 15 is 0 Å². The molecule has 1 aromatic carbocycles. The summed E-state index contributed by atoms with van der Waals surface area (Å²) >= 11 is 0. The van der Waals surface area contributed by atoms with Crippen molar-refractivity contribution in [2.24, 2.45) is 5.73 Å². The normalized spacial score (nSPS) is 11.5. The topological polar surface area (TPSA) is 55.1 Å². The minimum absolute atomic E-state index is 0. The van der Waals surface area contributed by atoms with Gasteiger partial charge in [-0.2, -0.15) is 0 Å². The van der Waals surface area contributed by atoms with Crippen LogP contribution in [0.1, 0.15) is 51.0 Å². The highest BCUT2D eigenvalue weighted by molar-refractivity contribution is 5.85. The molecule has 3 nitrogen and oxygen atoms in total. The molecule has 1 atom stereocenters. The summed E-state index contributed by atoms with van der Waals surface area (Å²) in [7, 11) is 0. The Morgan fingerprint density at radius 3 is 2.48 bits per heavy atom. The van der Waals surface area contributed by atoms with Gasteiger partial charge in [-0.25, -0.2) is 0 Å². The lowest BCUT2D eigenvalue weighted by atomic mass is 10.1. The highest BCUT2D eigenvalue weighted by Crippen LogP contribution is 2.06. The van der Waals surface area contributed by atoms with Gasteiger partial charge in [-0.05, 0) is 44.7 Å². The Labute approximate surface area is 135 Å². The van der Waals surface area contributed by atoms with Crippen LogP contribution in [-0.2, 0) is 11.2 Å². The van der Waals surface area contributed by atoms with Gasteiger partial charge >= 0.3 is 0 Å². The van der Waals surface area contributed by atoms with E-state index in [1.165, 1.54) is 5.56 Å². The van der Waals surface area contributed by atoms with E-state index in [-0.39, 0.29) is 24.4 Å². The minimum atomic E-state index is 0. The van der Waals surface area contributed by atoms with E-state index in [2.05, 4.69) is 36.5 Å². The summed E-state index contributed by atoms with van der Waals surface area (Å²) in [6.07, 6.45) is 6.91. The molecule has 0 radical (unpaired) electrons. The molecule has 0 spiro atoms. The van der Waals surface area contributed by atoms with Crippen molar-refractivity contribution < 1.29 is 4.79 Å². The third kappa shape index (κ3) is 10.3. The molecule has 0 saturated carbocycles. The zero-order valence-electron chi connectivity index (χ0n) is 13.0. The van der Waals surface area contributed by atoms with Crippen LogP contribution in [0, 0.1) is 0 Å². The van der Waals surface area contributed by atoms with Gasteiger partial charge in [-0.15, -0.1) is 12.4 Å². The van der Waals surface area contributed by atoms with Crippen molar-refractivity contribution in [2.75, 3.05) is 6.54 Å². The second-order valence-corrected chi connectivity index (χ2v) is 5.45. The molecular formula is C17H29ClN2O. The number of nitrogens with two attached hydrogens (primary N) is 1. The van der Waals surface area contributed by atoms with E-state index in [1.807, 2.05) is 6.07 Å². The Bertz CT molecular complexity index is 370. The molecule has 0 aromatic heterocycles. The molecule has 3 N–H and O–H groups in total. The summed E-state index contributed by atoms with van der Waals surface area (Å²) in [6, 6.07) is 10.6. The third-order valence-corrected chi connectivity index (χ3v) is 3.47. The second-order valence-electron chi connectivity index (χ2n) is 5.45. The van der Waals surface area contributed by atoms with Crippen molar-refractivity contribution >= 4 is 18.3 Å². The zero-order chi connectivity index (χ0) is 14.6. The Hall–Kier alpha value is -1.06. The predicted molar refractivity (Wildman–Crippen MR) is 91.8 cm³/mol. The fraction of sp³-hybridized carbons (Fsp3) is 0.588. The fourth-order valence-electron chi connectivity index (χ4n) is 2.23. The van der Waals surface area contributed by atoms with Crippen LogP contribution in [0.4, 0.5) is 0 Å². The lowest BCUT2D eigenvalue weighted by Gasteiger charge is -2.13. The first kappa shape index (κ1) is 19.9. The second kappa shape index (κ2) is 12.7. The predicted octanol–water partition coefficient (Wildman–Crippen LogP) is 3.45. The number of hydrogen-bond donors (Lipinski definition) is 2. The van der Waals surface area contributed by atoms with Gasteiger partial charge < -0.3 is 11.1 Å². The van der Waals surface area contributed by atoms with Crippen LogP contribution in [0.5, 0.6) is 0 Å². The van der Waals surface area contributed by atoms with Gasteiger partial charge in [-0.1, -0.05) is 43.2 Å². The van der Waals surface area contributed by atoms with Crippen molar-refractivity contribution in [1.82, 2.24) is 5.32 Å². The van der Waals surface area contributed by atoms with Crippen LogP contribution >= 0.6 is 12.4 Å². The maximum absolute atomic E-state index is 11.8. The molecule has 0 aliphatic heterocycles. The third-order valence-electron chi connectivity index (χ3n) is 3.47. The molecule has 120 valence electrons. The number of carbonyl (C=O) groups excluding carboxylic acids is 1. The zero-order valence-corrected chi connectivity index (χ0v) is 13.8. The van der Waals surface area contributed by atoms with Gasteiger partial charge in [0, 0.05) is 12.5 Å². The molecule has 1 unspecified atom stereocenters. The standard InChI is InChI=1S/C17H28N2O.ClH/c1-15(12-13-16-9-5-4-6-10-16)19-17(20)11-7-2-3-8-14-18;/h4-6,9-10,15H,2-3,7-8,11-14,18H2,1H3,(H,19,20);1H. The van der Waals surface area contributed by atoms with Gasteiger partial charge in [0.25, 0.3) is 0 Å². The van der Waals surface area contributed by atoms with Gasteiger partial charge in [0.15, 0.2) is 0 Å². The number of benzene rings is 1. The average molecular weight is 313 g/mol. The smallest absolute Gasteiger partial charge is 0.220 e. The Morgan fingerprint density at radius 2 is 1.81 bits per heavy atom. The molecule has 0 fully saturated rings. The molecule has 1 rings (SSSR count). The first-order valence-electron chi connectivity index (χ1n) is 7.75. The molecule has 4 heteroatoms. The van der Waals surface area contributed by atoms with E-state index in [4.69, 9.17) is 5.73 Å². The van der Waals surface area contributed by atoms with E-state index in [9.17, 15) is 4.79 Å². The molecule has 0 heterocycles. The summed E-state index contributed by atoms with van der Waals surface area (Å²) in [5.74, 6) is 0.179. The quantitative estimate of drug-likeness (QED) is 0.650. The largest absolute Gasteiger partial charge is 0.354 e. The van der Waals surface area contributed by atoms with Crippen LogP contribution in [-0.4, -0.2) is 18.5 Å². The number of hydrogen-bond acceptors (Lipinski definition) is 2. The average Bonchev–Trinajstić information content (AvgIpc) is 2.46. The molecule has 0 saturated heterocycles. The van der Waals surface area contributed by atoms with Crippen molar-refractivity contribution in [2.45, 2.75) is 57.9 Å². The van der Waals surface area contributed by atoms with Crippen LogP contribution < -0.4 is 11.1 Å². The van der Waals surface area contributed by atoms with E-state index < -0.39 is 0 Å². The van der Waals surface area contributed by atoms with E-state index in [1.54, 1.807) is 0 Å². The molecule has 1 amide bonds. The number of aryl methyl sites for hydroxylation is 1. The Morgan fingerprint density at radius 1 is 1.14 bits per heavy atom. The van der Waals surface area contributed by atoms with Crippen LogP contribution in [0.25, 0.3) is 0 Å². The number of halogens is 1. The van der Waals surface area contributed by atoms with Gasteiger partial charge in [0.1, 0.15) is 0 Å². The van der Waals surface area contributed by atoms with Gasteiger partial charge in [0.05, 0.1) is 0 Å². The van der Waals surface area contributed by atoms with Gasteiger partial charge in [-0.3, -0.25) is 4.79 Å². The van der Waals surface area contributed by atoms with Crippen molar-refractivity contribution in [3.8, 4) is 0 Å². The van der Waals surface area contributed by atoms with E-state index in [0.29, 0.717) is 6.42 Å². The number of carbonyl (C=O) groups is 1. The summed E-state index contributed by atoms with van der Waals surface area (Å²) in [5, 5.41) is 3.08. The summed E-state index contributed by atoms with van der Waals surface area (Å²) < 4.78 is 0. The van der Waals surface area contributed by atoms with Crippen LogP contribution in [0.2, 0.25) is 0 Å². The van der Waals surface area contributed by atoms with Gasteiger partial charge in [0.2, 0.25) is 5.91 Å². The molecule has 0 aliphatic rings. The number of nitrogens with one attached hydrogen (secondary N) is 1. The maximum Gasteiger partial charge on any atom is 0.220 e. The van der Waals surface area contributed by atoms with E-state index in [0.717, 1.165) is 45.1 Å². The molecule has 21 heavy (non-hydrogen) atoms. The number of unbranched alkanes of at least 4 members (excludes halogenated alkanes) is 3. The summed E-state index contributed by atoms with van der Waals surface area (Å²) in [4.78, 5) is 11.8. The molecule has 0 bridgehead atoms. The fourth-order valence-corrected chi connectivity index (χ4v) is 2.23. The highest BCUT2D eigenvalue weighted by atomic mass is 35.5. The number of amides is 1. The SMILES string of the molecule is CC(CCc1ccccc1)NC(=O)CCCCCCN.Cl. The minimum Gasteiger partial charge on any atom is -0.354 e. The number of rotatable bonds is 10. The molecule has 1 aromatic rings. The summed E-state index contributed by atoms with van der Waals surface area (Å²) in [6.45, 7) is 2.83. The molecular weight excluding hydrogens is 284 g/mol. The van der Waals surface area contributed by atoms with Crippen LogP contribution in [0.15, 0.2) is 30.3 Å². The first-order chi connectivity index (χ1) is 9.72. The Balaban J connectivity index is 0.00000400. The van der Waals surface area contributed by atoms with Crippen molar-refractivity contribution in [1.29, 1.82) is 0 Å². The first-order valence-corrected chi connectivity index (χ1v) is 7.75. The highest BCUT2D eigenvalue weighted by Gasteiger charge is 2.07. The van der Waals surface area contributed by atoms with Crippen molar-refractivity contribution in [3.63, 3.8) is 0 Å². The maximum atomic E-state index is 11.8. The Kier molecular flexibility index (Phi) is 12.0. The lowest BCUT2D eigenvalue weighted by Crippen LogP contribution is -2.32. The van der Waals surface area contributed by atoms with Crippen LogP contribution in [0.3, 0.4) is 0 Å². The molecule has 0 aliphatic carbocycles. The van der Waals surface area contributed by atoms with Crippen molar-refractivity contribution in [3.05, 3.63) is 35.9 Å². The monoisotopic (exact) mass is 312 g/mol. The lowest BCUT2D eigenvalue weighted by molar-refractivity contribution is -0.121. The summed E-state index contributed by atoms with van der Waals surface area (Å²) in [5.41, 5.74) is 6.77.